The molecule has 0 aromatic heterocycles. The van der Waals surface area contributed by atoms with E-state index in [0.717, 1.165) is 12.3 Å². The number of rotatable bonds is 6. The molecule has 0 spiro atoms. The zero-order valence-corrected chi connectivity index (χ0v) is 10.4. The molecule has 2 N–H and O–H groups in total. The van der Waals surface area contributed by atoms with Gasteiger partial charge in [0.25, 0.3) is 0 Å². The quantitative estimate of drug-likeness (QED) is 0.731. The van der Waals surface area contributed by atoms with Crippen LogP contribution in [-0.4, -0.2) is 23.7 Å². The molecule has 3 nitrogen and oxygen atoms in total. The molecule has 1 aliphatic rings. The van der Waals surface area contributed by atoms with Crippen LogP contribution in [-0.2, 0) is 4.79 Å². The maximum atomic E-state index is 11.6. The minimum Gasteiger partial charge on any atom is -0.396 e. The minimum atomic E-state index is 0.101. The van der Waals surface area contributed by atoms with Crippen molar-refractivity contribution in [1.82, 2.24) is 5.32 Å². The van der Waals surface area contributed by atoms with E-state index in [1.54, 1.807) is 0 Å². The predicted molar refractivity (Wildman–Crippen MR) is 65.1 cm³/mol. The molecule has 0 aliphatic heterocycles. The minimum absolute atomic E-state index is 0.101. The van der Waals surface area contributed by atoms with Crippen LogP contribution in [0.1, 0.15) is 58.3 Å². The van der Waals surface area contributed by atoms with E-state index in [-0.39, 0.29) is 18.6 Å². The lowest BCUT2D eigenvalue weighted by atomic mass is 9.86. The third-order valence-corrected chi connectivity index (χ3v) is 3.47. The van der Waals surface area contributed by atoms with Crippen molar-refractivity contribution in [2.45, 2.75) is 64.3 Å². The Morgan fingerprint density at radius 2 is 2.06 bits per heavy atom. The lowest BCUT2D eigenvalue weighted by Crippen LogP contribution is -2.33. The van der Waals surface area contributed by atoms with Crippen molar-refractivity contribution in [1.29, 1.82) is 0 Å². The summed E-state index contributed by atoms with van der Waals surface area (Å²) in [4.78, 5) is 11.6. The van der Waals surface area contributed by atoms with E-state index < -0.39 is 0 Å². The molecule has 1 rings (SSSR count). The van der Waals surface area contributed by atoms with Gasteiger partial charge in [-0.2, -0.15) is 0 Å². The number of aliphatic hydroxyl groups excluding tert-OH is 1. The molecular weight excluding hydrogens is 202 g/mol. The number of aliphatic hydroxyl groups is 1. The summed E-state index contributed by atoms with van der Waals surface area (Å²) in [6.45, 7) is 2.08. The zero-order chi connectivity index (χ0) is 11.8. The second-order valence-electron chi connectivity index (χ2n) is 5.02. The Morgan fingerprint density at radius 1 is 1.38 bits per heavy atom. The molecule has 0 radical (unpaired) electrons. The van der Waals surface area contributed by atoms with Gasteiger partial charge in [-0.1, -0.05) is 32.1 Å². The molecule has 0 heterocycles. The molecule has 3 heteroatoms. The Morgan fingerprint density at radius 3 is 2.69 bits per heavy atom. The molecule has 1 aliphatic carbocycles. The largest absolute Gasteiger partial charge is 0.396 e. The molecule has 1 fully saturated rings. The van der Waals surface area contributed by atoms with Crippen LogP contribution in [0, 0.1) is 5.92 Å². The molecule has 1 amide bonds. The molecule has 0 aromatic carbocycles. The van der Waals surface area contributed by atoms with Crippen LogP contribution in [0.4, 0.5) is 0 Å². The maximum absolute atomic E-state index is 11.6. The molecule has 0 saturated heterocycles. The van der Waals surface area contributed by atoms with Gasteiger partial charge in [0.15, 0.2) is 0 Å². The average molecular weight is 227 g/mol. The summed E-state index contributed by atoms with van der Waals surface area (Å²) < 4.78 is 0. The predicted octanol–water partition coefficient (Wildman–Crippen LogP) is 2.23. The summed E-state index contributed by atoms with van der Waals surface area (Å²) in [6, 6.07) is 0.101. The topological polar surface area (TPSA) is 49.3 Å². The fraction of sp³-hybridized carbons (Fsp3) is 0.923. The Hall–Kier alpha value is -0.570. The number of nitrogens with one attached hydrogen (secondary N) is 1. The molecule has 94 valence electrons. The van der Waals surface area contributed by atoms with Crippen molar-refractivity contribution in [3.63, 3.8) is 0 Å². The van der Waals surface area contributed by atoms with Crippen LogP contribution in [0.3, 0.4) is 0 Å². The van der Waals surface area contributed by atoms with Crippen LogP contribution in [0.5, 0.6) is 0 Å². The van der Waals surface area contributed by atoms with Crippen LogP contribution < -0.4 is 5.32 Å². The lowest BCUT2D eigenvalue weighted by molar-refractivity contribution is -0.122. The second-order valence-corrected chi connectivity index (χ2v) is 5.02. The van der Waals surface area contributed by atoms with Gasteiger partial charge in [-0.3, -0.25) is 4.79 Å². The van der Waals surface area contributed by atoms with Crippen molar-refractivity contribution in [3.05, 3.63) is 0 Å². The van der Waals surface area contributed by atoms with Crippen LogP contribution in [0.2, 0.25) is 0 Å². The zero-order valence-electron chi connectivity index (χ0n) is 10.4. The Bertz CT molecular complexity index is 200. The van der Waals surface area contributed by atoms with E-state index in [2.05, 4.69) is 5.32 Å². The van der Waals surface area contributed by atoms with Gasteiger partial charge in [0.05, 0.1) is 0 Å². The van der Waals surface area contributed by atoms with Gasteiger partial charge in [-0.15, -0.1) is 0 Å². The number of carbonyl (C=O) groups is 1. The van der Waals surface area contributed by atoms with Crippen molar-refractivity contribution in [2.75, 3.05) is 6.61 Å². The first-order valence-electron chi connectivity index (χ1n) is 6.62. The standard InChI is InChI=1S/C13H25NO2/c1-11(9-10-15)14-13(16)8-7-12-5-3-2-4-6-12/h11-12,15H,2-10H2,1H3,(H,14,16). The Labute approximate surface area is 98.6 Å². The fourth-order valence-electron chi connectivity index (χ4n) is 2.42. The third-order valence-electron chi connectivity index (χ3n) is 3.47. The van der Waals surface area contributed by atoms with Gasteiger partial charge >= 0.3 is 0 Å². The van der Waals surface area contributed by atoms with Gasteiger partial charge in [-0.25, -0.2) is 0 Å². The number of carbonyl (C=O) groups excluding carboxylic acids is 1. The van der Waals surface area contributed by atoms with E-state index >= 15 is 0 Å². The van der Waals surface area contributed by atoms with Crippen molar-refractivity contribution in [2.24, 2.45) is 5.92 Å². The summed E-state index contributed by atoms with van der Waals surface area (Å²) in [5.74, 6) is 0.916. The molecule has 0 aromatic rings. The van der Waals surface area contributed by atoms with Gasteiger partial charge in [0, 0.05) is 19.1 Å². The monoisotopic (exact) mass is 227 g/mol. The summed E-state index contributed by atoms with van der Waals surface area (Å²) in [6.07, 6.45) is 9.00. The summed E-state index contributed by atoms with van der Waals surface area (Å²) >= 11 is 0. The van der Waals surface area contributed by atoms with Crippen molar-refractivity contribution in [3.8, 4) is 0 Å². The molecule has 1 unspecified atom stereocenters. The number of hydrogen-bond acceptors (Lipinski definition) is 2. The highest BCUT2D eigenvalue weighted by molar-refractivity contribution is 5.76. The molecular formula is C13H25NO2. The van der Waals surface area contributed by atoms with E-state index in [0.29, 0.717) is 12.8 Å². The van der Waals surface area contributed by atoms with E-state index in [1.165, 1.54) is 32.1 Å². The fourth-order valence-corrected chi connectivity index (χ4v) is 2.42. The summed E-state index contributed by atoms with van der Waals surface area (Å²) in [7, 11) is 0. The van der Waals surface area contributed by atoms with Crippen molar-refractivity contribution >= 4 is 5.91 Å². The summed E-state index contributed by atoms with van der Waals surface area (Å²) in [5, 5.41) is 11.7. The smallest absolute Gasteiger partial charge is 0.220 e. The normalized spacial score (nSPS) is 19.4. The summed E-state index contributed by atoms with van der Waals surface area (Å²) in [5.41, 5.74) is 0. The molecule has 1 atom stereocenters. The highest BCUT2D eigenvalue weighted by Gasteiger charge is 2.15. The van der Waals surface area contributed by atoms with Crippen molar-refractivity contribution < 1.29 is 9.90 Å². The van der Waals surface area contributed by atoms with Gasteiger partial charge in [-0.05, 0) is 25.7 Å². The molecule has 1 saturated carbocycles. The first kappa shape index (κ1) is 13.5. The molecule has 16 heavy (non-hydrogen) atoms. The second kappa shape index (κ2) is 7.66. The number of amides is 1. The molecule has 0 bridgehead atoms. The first-order valence-corrected chi connectivity index (χ1v) is 6.62. The van der Waals surface area contributed by atoms with Crippen LogP contribution in [0.25, 0.3) is 0 Å². The number of hydrogen-bond donors (Lipinski definition) is 2. The van der Waals surface area contributed by atoms with Gasteiger partial charge in [0.2, 0.25) is 5.91 Å². The Balaban J connectivity index is 2.09. The first-order chi connectivity index (χ1) is 7.72. The van der Waals surface area contributed by atoms with Gasteiger partial charge < -0.3 is 10.4 Å². The average Bonchev–Trinajstić information content (AvgIpc) is 2.28. The highest BCUT2D eigenvalue weighted by Crippen LogP contribution is 2.27. The van der Waals surface area contributed by atoms with Gasteiger partial charge in [0.1, 0.15) is 0 Å². The Kier molecular flexibility index (Phi) is 6.46. The van der Waals surface area contributed by atoms with Crippen LogP contribution in [0.15, 0.2) is 0 Å². The van der Waals surface area contributed by atoms with E-state index in [9.17, 15) is 4.79 Å². The lowest BCUT2D eigenvalue weighted by Gasteiger charge is -2.21. The van der Waals surface area contributed by atoms with E-state index in [4.69, 9.17) is 5.11 Å². The van der Waals surface area contributed by atoms with Crippen LogP contribution >= 0.6 is 0 Å². The van der Waals surface area contributed by atoms with E-state index in [1.807, 2.05) is 6.92 Å². The highest BCUT2D eigenvalue weighted by atomic mass is 16.3. The maximum Gasteiger partial charge on any atom is 0.220 e. The third kappa shape index (κ3) is 5.50. The SMILES string of the molecule is CC(CCO)NC(=O)CCC1CCCCC1.